The van der Waals surface area contributed by atoms with E-state index in [0.29, 0.717) is 12.2 Å². The number of carbonyl (C=O) groups excluding carboxylic acids is 1. The Labute approximate surface area is 108 Å². The van der Waals surface area contributed by atoms with Crippen LogP contribution >= 0.6 is 0 Å². The summed E-state index contributed by atoms with van der Waals surface area (Å²) in [6.45, 7) is 5.34. The molecule has 2 N–H and O–H groups in total. The molecule has 0 saturated heterocycles. The van der Waals surface area contributed by atoms with Crippen LogP contribution in [-0.2, 0) is 4.74 Å². The molecule has 0 spiro atoms. The lowest BCUT2D eigenvalue weighted by atomic mass is 10.2. The van der Waals surface area contributed by atoms with Crippen LogP contribution in [0.4, 0.5) is 5.69 Å². The molecule has 0 aliphatic rings. The van der Waals surface area contributed by atoms with Crippen molar-refractivity contribution in [2.75, 3.05) is 25.6 Å². The molecule has 5 heteroatoms. The van der Waals surface area contributed by atoms with Gasteiger partial charge in [0.1, 0.15) is 0 Å². The number of nitrogens with one attached hydrogen (secondary N) is 2. The highest BCUT2D eigenvalue weighted by molar-refractivity contribution is 5.99. The summed E-state index contributed by atoms with van der Waals surface area (Å²) in [7, 11) is 1.65. The lowest BCUT2D eigenvalue weighted by molar-refractivity contribution is 0.0930. The number of amides is 1. The third-order valence-electron chi connectivity index (χ3n) is 2.57. The zero-order valence-corrected chi connectivity index (χ0v) is 11.2. The van der Waals surface area contributed by atoms with E-state index in [1.165, 1.54) is 0 Å². The van der Waals surface area contributed by atoms with Crippen molar-refractivity contribution in [1.82, 2.24) is 10.3 Å². The largest absolute Gasteiger partial charge is 0.385 e. The fraction of sp³-hybridized carbons (Fsp3) is 0.538. The first-order valence-electron chi connectivity index (χ1n) is 6.16. The van der Waals surface area contributed by atoms with E-state index in [9.17, 15) is 4.79 Å². The van der Waals surface area contributed by atoms with E-state index < -0.39 is 0 Å². The van der Waals surface area contributed by atoms with Crippen molar-refractivity contribution in [1.29, 1.82) is 0 Å². The molecule has 1 atom stereocenters. The van der Waals surface area contributed by atoms with Gasteiger partial charge in [-0.05, 0) is 26.3 Å². The first-order valence-corrected chi connectivity index (χ1v) is 6.16. The molecule has 1 unspecified atom stereocenters. The van der Waals surface area contributed by atoms with Crippen LogP contribution < -0.4 is 10.6 Å². The van der Waals surface area contributed by atoms with Gasteiger partial charge in [0.25, 0.3) is 5.91 Å². The van der Waals surface area contributed by atoms with Crippen LogP contribution in [-0.4, -0.2) is 37.2 Å². The van der Waals surface area contributed by atoms with Crippen LogP contribution in [0.2, 0.25) is 0 Å². The van der Waals surface area contributed by atoms with Gasteiger partial charge >= 0.3 is 0 Å². The van der Waals surface area contributed by atoms with E-state index in [0.717, 1.165) is 18.7 Å². The molecule has 0 saturated carbocycles. The van der Waals surface area contributed by atoms with Gasteiger partial charge in [-0.3, -0.25) is 9.78 Å². The molecule has 0 aromatic carbocycles. The molecule has 100 valence electrons. The molecule has 1 heterocycles. The molecule has 0 bridgehead atoms. The summed E-state index contributed by atoms with van der Waals surface area (Å²) in [5.74, 6) is -0.0862. The molecule has 0 radical (unpaired) electrons. The SMILES string of the molecule is CCNc1cnccc1C(=O)NC(C)CCOC. The van der Waals surface area contributed by atoms with Gasteiger partial charge in [0.15, 0.2) is 0 Å². The van der Waals surface area contributed by atoms with Gasteiger partial charge in [-0.2, -0.15) is 0 Å². The second-order valence-corrected chi connectivity index (χ2v) is 4.11. The zero-order valence-electron chi connectivity index (χ0n) is 11.2. The second kappa shape index (κ2) is 7.66. The van der Waals surface area contributed by atoms with E-state index in [1.807, 2.05) is 13.8 Å². The molecule has 1 aromatic rings. The van der Waals surface area contributed by atoms with Crippen molar-refractivity contribution in [3.05, 3.63) is 24.0 Å². The van der Waals surface area contributed by atoms with Crippen molar-refractivity contribution in [3.8, 4) is 0 Å². The van der Waals surface area contributed by atoms with Crippen molar-refractivity contribution in [2.45, 2.75) is 26.3 Å². The Balaban J connectivity index is 2.65. The third kappa shape index (κ3) is 4.33. The highest BCUT2D eigenvalue weighted by Crippen LogP contribution is 2.13. The first-order chi connectivity index (χ1) is 8.69. The van der Waals surface area contributed by atoms with Crippen LogP contribution in [0.1, 0.15) is 30.6 Å². The van der Waals surface area contributed by atoms with Gasteiger partial charge in [0.2, 0.25) is 0 Å². The Bertz CT molecular complexity index is 382. The quantitative estimate of drug-likeness (QED) is 0.773. The van der Waals surface area contributed by atoms with Crippen LogP contribution in [0.5, 0.6) is 0 Å². The number of rotatable bonds is 7. The Morgan fingerprint density at radius 1 is 1.56 bits per heavy atom. The number of hydrogen-bond acceptors (Lipinski definition) is 4. The highest BCUT2D eigenvalue weighted by atomic mass is 16.5. The maximum atomic E-state index is 12.1. The van der Waals surface area contributed by atoms with Crippen molar-refractivity contribution < 1.29 is 9.53 Å². The maximum Gasteiger partial charge on any atom is 0.253 e. The average molecular weight is 251 g/mol. The summed E-state index contributed by atoms with van der Waals surface area (Å²) >= 11 is 0. The van der Waals surface area contributed by atoms with Crippen LogP contribution in [0.15, 0.2) is 18.5 Å². The minimum absolute atomic E-state index is 0.0834. The minimum Gasteiger partial charge on any atom is -0.385 e. The van der Waals surface area contributed by atoms with Gasteiger partial charge in [0.05, 0.1) is 17.4 Å². The third-order valence-corrected chi connectivity index (χ3v) is 2.57. The van der Waals surface area contributed by atoms with Crippen LogP contribution in [0, 0.1) is 0 Å². The Morgan fingerprint density at radius 3 is 3.00 bits per heavy atom. The molecule has 1 aromatic heterocycles. The van der Waals surface area contributed by atoms with Crippen molar-refractivity contribution in [2.24, 2.45) is 0 Å². The maximum absolute atomic E-state index is 12.1. The summed E-state index contributed by atoms with van der Waals surface area (Å²) in [4.78, 5) is 16.1. The predicted octanol–water partition coefficient (Wildman–Crippen LogP) is 1.67. The number of anilines is 1. The summed E-state index contributed by atoms with van der Waals surface area (Å²) < 4.78 is 4.99. The van der Waals surface area contributed by atoms with E-state index >= 15 is 0 Å². The van der Waals surface area contributed by atoms with Crippen molar-refractivity contribution in [3.63, 3.8) is 0 Å². The van der Waals surface area contributed by atoms with E-state index in [2.05, 4.69) is 15.6 Å². The van der Waals surface area contributed by atoms with Gasteiger partial charge in [0, 0.05) is 32.5 Å². The molecule has 0 aliphatic carbocycles. The standard InChI is InChI=1S/C13H21N3O2/c1-4-15-12-9-14-7-5-11(12)13(17)16-10(2)6-8-18-3/h5,7,9-10,15H,4,6,8H2,1-3H3,(H,16,17). The Morgan fingerprint density at radius 2 is 2.33 bits per heavy atom. The summed E-state index contributed by atoms with van der Waals surface area (Å²) in [6, 6.07) is 1.80. The summed E-state index contributed by atoms with van der Waals surface area (Å²) in [5, 5.41) is 6.07. The number of carbonyl (C=O) groups is 1. The smallest absolute Gasteiger partial charge is 0.253 e. The van der Waals surface area contributed by atoms with Gasteiger partial charge in [-0.1, -0.05) is 0 Å². The average Bonchev–Trinajstić information content (AvgIpc) is 2.37. The van der Waals surface area contributed by atoms with E-state index in [4.69, 9.17) is 4.74 Å². The number of nitrogens with zero attached hydrogens (tertiary/aromatic N) is 1. The summed E-state index contributed by atoms with van der Waals surface area (Å²) in [6.07, 6.45) is 4.08. The molecule has 1 amide bonds. The Kier molecular flexibility index (Phi) is 6.14. The molecule has 5 nitrogen and oxygen atoms in total. The van der Waals surface area contributed by atoms with Crippen LogP contribution in [0.3, 0.4) is 0 Å². The number of hydrogen-bond donors (Lipinski definition) is 2. The first kappa shape index (κ1) is 14.4. The number of methoxy groups -OCH3 is 1. The van der Waals surface area contributed by atoms with Crippen LogP contribution in [0.25, 0.3) is 0 Å². The number of pyridine rings is 1. The minimum atomic E-state index is -0.0862. The fourth-order valence-corrected chi connectivity index (χ4v) is 1.59. The molecule has 0 fully saturated rings. The number of ether oxygens (including phenoxy) is 1. The van der Waals surface area contributed by atoms with E-state index in [-0.39, 0.29) is 11.9 Å². The lowest BCUT2D eigenvalue weighted by Gasteiger charge is -2.15. The molecule has 18 heavy (non-hydrogen) atoms. The second-order valence-electron chi connectivity index (χ2n) is 4.11. The zero-order chi connectivity index (χ0) is 13.4. The van der Waals surface area contributed by atoms with Gasteiger partial charge in [-0.15, -0.1) is 0 Å². The normalized spacial score (nSPS) is 11.9. The highest BCUT2D eigenvalue weighted by Gasteiger charge is 2.13. The Hall–Kier alpha value is -1.62. The summed E-state index contributed by atoms with van der Waals surface area (Å²) in [5.41, 5.74) is 1.38. The monoisotopic (exact) mass is 251 g/mol. The molecular weight excluding hydrogens is 230 g/mol. The van der Waals surface area contributed by atoms with E-state index in [1.54, 1.807) is 25.6 Å². The van der Waals surface area contributed by atoms with Crippen molar-refractivity contribution >= 4 is 11.6 Å². The predicted molar refractivity (Wildman–Crippen MR) is 71.8 cm³/mol. The lowest BCUT2D eigenvalue weighted by Crippen LogP contribution is -2.33. The van der Waals surface area contributed by atoms with Gasteiger partial charge in [-0.25, -0.2) is 0 Å². The molecule has 1 rings (SSSR count). The fourth-order valence-electron chi connectivity index (χ4n) is 1.59. The molecular formula is C13H21N3O2. The van der Waals surface area contributed by atoms with Gasteiger partial charge < -0.3 is 15.4 Å². The topological polar surface area (TPSA) is 63.2 Å². The number of aromatic nitrogens is 1. The molecule has 0 aliphatic heterocycles.